The van der Waals surface area contributed by atoms with Crippen LogP contribution in [0.1, 0.15) is 12.5 Å². The average Bonchev–Trinajstić information content (AvgIpc) is 2.64. The minimum Gasteiger partial charge on any atom is -0.492 e. The van der Waals surface area contributed by atoms with Crippen LogP contribution in [0.15, 0.2) is 53.7 Å². The van der Waals surface area contributed by atoms with Crippen molar-refractivity contribution in [1.82, 2.24) is 15.6 Å². The Morgan fingerprint density at radius 1 is 1.16 bits per heavy atom. The highest BCUT2D eigenvalue weighted by molar-refractivity contribution is 5.79. The number of para-hydroxylation sites is 1. The molecule has 6 heteroatoms. The van der Waals surface area contributed by atoms with E-state index in [1.807, 2.05) is 74.6 Å². The van der Waals surface area contributed by atoms with Crippen LogP contribution in [0.25, 0.3) is 0 Å². The fourth-order valence-electron chi connectivity index (χ4n) is 2.17. The van der Waals surface area contributed by atoms with E-state index in [1.54, 1.807) is 0 Å². The third-order valence-corrected chi connectivity index (χ3v) is 3.44. The number of nitrogens with one attached hydrogen (secondary N) is 2. The molecule has 0 spiro atoms. The van der Waals surface area contributed by atoms with E-state index in [0.717, 1.165) is 29.6 Å². The van der Waals surface area contributed by atoms with Gasteiger partial charge >= 0.3 is 0 Å². The molecule has 2 rings (SSSR count). The SMILES string of the molecule is CCNC(=NCc1ccnc(N(C)C)c1)NCCOc1ccccc1. The minimum atomic E-state index is 0.578. The van der Waals surface area contributed by atoms with Crippen molar-refractivity contribution < 1.29 is 4.74 Å². The summed E-state index contributed by atoms with van der Waals surface area (Å²) in [6, 6.07) is 13.8. The van der Waals surface area contributed by atoms with Crippen molar-refractivity contribution >= 4 is 11.8 Å². The summed E-state index contributed by atoms with van der Waals surface area (Å²) in [6.07, 6.45) is 1.81. The Labute approximate surface area is 149 Å². The van der Waals surface area contributed by atoms with Gasteiger partial charge < -0.3 is 20.3 Å². The molecule has 0 aliphatic rings. The summed E-state index contributed by atoms with van der Waals surface area (Å²) in [5.41, 5.74) is 1.12. The fourth-order valence-corrected chi connectivity index (χ4v) is 2.17. The van der Waals surface area contributed by atoms with Crippen molar-refractivity contribution in [3.8, 4) is 5.75 Å². The Kier molecular flexibility index (Phi) is 7.56. The molecule has 0 unspecified atom stereocenters. The Hall–Kier alpha value is -2.76. The highest BCUT2D eigenvalue weighted by Gasteiger charge is 2.01. The number of aromatic nitrogens is 1. The highest BCUT2D eigenvalue weighted by atomic mass is 16.5. The molecule has 1 aromatic heterocycles. The molecule has 0 saturated carbocycles. The molecule has 1 aromatic carbocycles. The second kappa shape index (κ2) is 10.2. The number of ether oxygens (including phenoxy) is 1. The standard InChI is InChI=1S/C19H27N5O/c1-4-20-19(22-12-13-25-17-8-6-5-7-9-17)23-15-16-10-11-21-18(14-16)24(2)3/h5-11,14H,4,12-13,15H2,1-3H3,(H2,20,22,23). The van der Waals surface area contributed by atoms with E-state index in [9.17, 15) is 0 Å². The van der Waals surface area contributed by atoms with Crippen molar-refractivity contribution in [2.45, 2.75) is 13.5 Å². The molecular formula is C19H27N5O. The maximum absolute atomic E-state index is 5.68. The summed E-state index contributed by atoms with van der Waals surface area (Å²) < 4.78 is 5.68. The van der Waals surface area contributed by atoms with Gasteiger partial charge in [-0.3, -0.25) is 0 Å². The lowest BCUT2D eigenvalue weighted by Gasteiger charge is -2.13. The number of anilines is 1. The normalized spacial score (nSPS) is 11.1. The smallest absolute Gasteiger partial charge is 0.191 e. The van der Waals surface area contributed by atoms with E-state index >= 15 is 0 Å². The average molecular weight is 341 g/mol. The van der Waals surface area contributed by atoms with E-state index < -0.39 is 0 Å². The molecular weight excluding hydrogens is 314 g/mol. The van der Waals surface area contributed by atoms with Crippen LogP contribution in [0.5, 0.6) is 5.75 Å². The number of hydrogen-bond donors (Lipinski definition) is 2. The zero-order valence-electron chi connectivity index (χ0n) is 15.2. The summed E-state index contributed by atoms with van der Waals surface area (Å²) >= 11 is 0. The van der Waals surface area contributed by atoms with Crippen molar-refractivity contribution in [3.63, 3.8) is 0 Å². The number of benzene rings is 1. The molecule has 1 heterocycles. The number of hydrogen-bond acceptors (Lipinski definition) is 4. The van der Waals surface area contributed by atoms with Crippen LogP contribution in [0.3, 0.4) is 0 Å². The molecule has 0 aliphatic carbocycles. The van der Waals surface area contributed by atoms with E-state index in [2.05, 4.69) is 20.6 Å². The first kappa shape index (κ1) is 18.6. The zero-order chi connectivity index (χ0) is 17.9. The number of nitrogens with zero attached hydrogens (tertiary/aromatic N) is 3. The molecule has 0 radical (unpaired) electrons. The first-order chi connectivity index (χ1) is 12.2. The molecule has 0 amide bonds. The molecule has 0 atom stereocenters. The maximum atomic E-state index is 5.68. The first-order valence-corrected chi connectivity index (χ1v) is 8.51. The second-order valence-electron chi connectivity index (χ2n) is 5.70. The molecule has 0 aliphatic heterocycles. The molecule has 2 aromatic rings. The number of pyridine rings is 1. The van der Waals surface area contributed by atoms with E-state index in [4.69, 9.17) is 4.74 Å². The summed E-state index contributed by atoms with van der Waals surface area (Å²) in [7, 11) is 3.96. The van der Waals surface area contributed by atoms with Crippen molar-refractivity contribution in [1.29, 1.82) is 0 Å². The highest BCUT2D eigenvalue weighted by Crippen LogP contribution is 2.10. The Bertz CT molecular complexity index is 658. The molecule has 0 fully saturated rings. The Morgan fingerprint density at radius 3 is 2.68 bits per heavy atom. The number of rotatable bonds is 8. The van der Waals surface area contributed by atoms with Gasteiger partial charge in [-0.05, 0) is 36.8 Å². The van der Waals surface area contributed by atoms with Crippen LogP contribution in [0.4, 0.5) is 5.82 Å². The fraction of sp³-hybridized carbons (Fsp3) is 0.368. The third-order valence-electron chi connectivity index (χ3n) is 3.44. The van der Waals surface area contributed by atoms with Gasteiger partial charge in [0.05, 0.1) is 13.1 Å². The van der Waals surface area contributed by atoms with Gasteiger partial charge in [0.2, 0.25) is 0 Å². The van der Waals surface area contributed by atoms with E-state index in [0.29, 0.717) is 19.7 Å². The molecule has 2 N–H and O–H groups in total. The summed E-state index contributed by atoms with van der Waals surface area (Å²) in [4.78, 5) is 10.9. The van der Waals surface area contributed by atoms with Gasteiger partial charge in [0.15, 0.2) is 5.96 Å². The molecule has 6 nitrogen and oxygen atoms in total. The topological polar surface area (TPSA) is 61.8 Å². The monoisotopic (exact) mass is 341 g/mol. The van der Waals surface area contributed by atoms with Gasteiger partial charge in [-0.2, -0.15) is 0 Å². The predicted molar refractivity (Wildman–Crippen MR) is 103 cm³/mol. The van der Waals surface area contributed by atoms with Gasteiger partial charge in [-0.1, -0.05) is 18.2 Å². The van der Waals surface area contributed by atoms with Gasteiger partial charge in [0, 0.05) is 26.8 Å². The molecule has 25 heavy (non-hydrogen) atoms. The molecule has 0 bridgehead atoms. The number of guanidine groups is 1. The van der Waals surface area contributed by atoms with Crippen LogP contribution < -0.4 is 20.3 Å². The molecule has 134 valence electrons. The van der Waals surface area contributed by atoms with Crippen LogP contribution in [0, 0.1) is 0 Å². The van der Waals surface area contributed by atoms with Crippen LogP contribution in [-0.2, 0) is 6.54 Å². The van der Waals surface area contributed by atoms with Gasteiger partial charge in [0.25, 0.3) is 0 Å². The van der Waals surface area contributed by atoms with Gasteiger partial charge in [-0.25, -0.2) is 9.98 Å². The Morgan fingerprint density at radius 2 is 1.96 bits per heavy atom. The maximum Gasteiger partial charge on any atom is 0.191 e. The quantitative estimate of drug-likeness (QED) is 0.438. The van der Waals surface area contributed by atoms with Crippen molar-refractivity contribution in [2.75, 3.05) is 38.7 Å². The largest absolute Gasteiger partial charge is 0.492 e. The summed E-state index contributed by atoms with van der Waals surface area (Å²) in [5.74, 6) is 2.59. The lowest BCUT2D eigenvalue weighted by Crippen LogP contribution is -2.39. The van der Waals surface area contributed by atoms with E-state index in [1.165, 1.54) is 0 Å². The van der Waals surface area contributed by atoms with Crippen molar-refractivity contribution in [2.24, 2.45) is 4.99 Å². The second-order valence-corrected chi connectivity index (χ2v) is 5.70. The third kappa shape index (κ3) is 6.71. The van der Waals surface area contributed by atoms with Crippen LogP contribution in [-0.4, -0.2) is 44.7 Å². The molecule has 0 saturated heterocycles. The lowest BCUT2D eigenvalue weighted by atomic mass is 10.2. The van der Waals surface area contributed by atoms with Crippen molar-refractivity contribution in [3.05, 3.63) is 54.2 Å². The lowest BCUT2D eigenvalue weighted by molar-refractivity contribution is 0.322. The minimum absolute atomic E-state index is 0.578. The van der Waals surface area contributed by atoms with Gasteiger partial charge in [0.1, 0.15) is 18.2 Å². The first-order valence-electron chi connectivity index (χ1n) is 8.51. The summed E-state index contributed by atoms with van der Waals surface area (Å²) in [6.45, 7) is 4.71. The summed E-state index contributed by atoms with van der Waals surface area (Å²) in [5, 5.41) is 6.53. The predicted octanol–water partition coefficient (Wildman–Crippen LogP) is 2.28. The Balaban J connectivity index is 1.84. The van der Waals surface area contributed by atoms with Gasteiger partial charge in [-0.15, -0.1) is 0 Å². The van der Waals surface area contributed by atoms with E-state index in [-0.39, 0.29) is 0 Å². The van der Waals surface area contributed by atoms with Crippen LogP contribution in [0.2, 0.25) is 0 Å². The van der Waals surface area contributed by atoms with Crippen LogP contribution >= 0.6 is 0 Å². The number of aliphatic imine (C=N–C) groups is 1. The zero-order valence-corrected chi connectivity index (χ0v) is 15.2.